The van der Waals surface area contributed by atoms with Crippen LogP contribution in [0.1, 0.15) is 18.5 Å². The Morgan fingerprint density at radius 1 is 1.24 bits per heavy atom. The number of cyclic esters (lactones) is 1. The highest BCUT2D eigenvalue weighted by molar-refractivity contribution is 8.00. The van der Waals surface area contributed by atoms with E-state index in [1.165, 1.54) is 5.56 Å². The fraction of sp³-hybridized carbons (Fsp3) is 0.562. The standard InChI is InChI=1S/C16H22N2O2S/c1-13-15(14-5-3-2-4-6-14)17(10-12-21-13)7-8-18-9-11-20-16(18)19/h2-6,13,15H,7-12H2,1H3/t13-,15+/m1/s1. The van der Waals surface area contributed by atoms with Crippen LogP contribution in [0.25, 0.3) is 0 Å². The monoisotopic (exact) mass is 306 g/mol. The molecule has 2 heterocycles. The lowest BCUT2D eigenvalue weighted by Crippen LogP contribution is -2.44. The molecule has 2 aliphatic heterocycles. The summed E-state index contributed by atoms with van der Waals surface area (Å²) in [5.74, 6) is 1.16. The van der Waals surface area contributed by atoms with Gasteiger partial charge in [-0.05, 0) is 5.56 Å². The molecule has 5 heteroatoms. The Kier molecular flexibility index (Phi) is 4.70. The number of carbonyl (C=O) groups excluding carboxylic acids is 1. The molecule has 0 radical (unpaired) electrons. The third-order valence-electron chi connectivity index (χ3n) is 4.24. The minimum atomic E-state index is -0.161. The van der Waals surface area contributed by atoms with Crippen molar-refractivity contribution in [1.29, 1.82) is 0 Å². The molecule has 2 atom stereocenters. The van der Waals surface area contributed by atoms with E-state index in [-0.39, 0.29) is 6.09 Å². The van der Waals surface area contributed by atoms with Gasteiger partial charge in [-0.1, -0.05) is 37.3 Å². The van der Waals surface area contributed by atoms with Gasteiger partial charge in [-0.15, -0.1) is 0 Å². The summed E-state index contributed by atoms with van der Waals surface area (Å²) >= 11 is 2.04. The van der Waals surface area contributed by atoms with Gasteiger partial charge in [-0.25, -0.2) is 4.79 Å². The van der Waals surface area contributed by atoms with E-state index in [2.05, 4.69) is 42.2 Å². The predicted octanol–water partition coefficient (Wildman–Crippen LogP) is 2.62. The number of hydrogen-bond donors (Lipinski definition) is 0. The molecule has 2 aliphatic rings. The summed E-state index contributed by atoms with van der Waals surface area (Å²) in [6.07, 6.45) is -0.161. The Labute approximate surface area is 130 Å². The lowest BCUT2D eigenvalue weighted by molar-refractivity contribution is 0.145. The maximum Gasteiger partial charge on any atom is 0.409 e. The molecule has 0 saturated carbocycles. The van der Waals surface area contributed by atoms with E-state index < -0.39 is 0 Å². The third kappa shape index (κ3) is 3.35. The van der Waals surface area contributed by atoms with Crippen LogP contribution in [0.15, 0.2) is 30.3 Å². The van der Waals surface area contributed by atoms with E-state index in [1.807, 2.05) is 16.7 Å². The van der Waals surface area contributed by atoms with E-state index in [4.69, 9.17) is 4.74 Å². The van der Waals surface area contributed by atoms with E-state index >= 15 is 0 Å². The van der Waals surface area contributed by atoms with Gasteiger partial charge in [-0.2, -0.15) is 11.8 Å². The zero-order chi connectivity index (χ0) is 14.7. The van der Waals surface area contributed by atoms with Crippen molar-refractivity contribution in [3.8, 4) is 0 Å². The zero-order valence-electron chi connectivity index (χ0n) is 12.4. The molecule has 0 N–H and O–H groups in total. The average Bonchev–Trinajstić information content (AvgIpc) is 2.91. The van der Waals surface area contributed by atoms with Crippen LogP contribution in [-0.2, 0) is 4.74 Å². The summed E-state index contributed by atoms with van der Waals surface area (Å²) in [5.41, 5.74) is 1.38. The Morgan fingerprint density at radius 3 is 2.76 bits per heavy atom. The number of rotatable bonds is 4. The molecule has 4 nitrogen and oxygen atoms in total. The van der Waals surface area contributed by atoms with Crippen molar-refractivity contribution in [2.75, 3.05) is 38.5 Å². The van der Waals surface area contributed by atoms with Crippen molar-refractivity contribution in [3.63, 3.8) is 0 Å². The maximum atomic E-state index is 11.5. The van der Waals surface area contributed by atoms with E-state index in [0.717, 1.165) is 31.9 Å². The highest BCUT2D eigenvalue weighted by Crippen LogP contribution is 2.35. The number of hydrogen-bond acceptors (Lipinski definition) is 4. The molecule has 3 rings (SSSR count). The molecule has 1 amide bonds. The van der Waals surface area contributed by atoms with Crippen molar-refractivity contribution in [2.24, 2.45) is 0 Å². The van der Waals surface area contributed by atoms with Crippen molar-refractivity contribution in [1.82, 2.24) is 9.80 Å². The van der Waals surface area contributed by atoms with Gasteiger partial charge in [0.2, 0.25) is 0 Å². The fourth-order valence-corrected chi connectivity index (χ4v) is 4.37. The molecule has 1 aromatic rings. The molecular formula is C16H22N2O2S. The zero-order valence-corrected chi connectivity index (χ0v) is 13.2. The van der Waals surface area contributed by atoms with Crippen LogP contribution in [-0.4, -0.2) is 59.7 Å². The Bertz CT molecular complexity index is 482. The molecule has 0 aliphatic carbocycles. The van der Waals surface area contributed by atoms with Crippen LogP contribution in [0.2, 0.25) is 0 Å². The summed E-state index contributed by atoms with van der Waals surface area (Å²) in [5, 5.41) is 0.576. The fourth-order valence-electron chi connectivity index (χ4n) is 3.14. The lowest BCUT2D eigenvalue weighted by atomic mass is 10.0. The van der Waals surface area contributed by atoms with E-state index in [9.17, 15) is 4.79 Å². The first-order valence-corrected chi connectivity index (χ1v) is 8.63. The largest absolute Gasteiger partial charge is 0.448 e. The average molecular weight is 306 g/mol. The minimum absolute atomic E-state index is 0.161. The molecule has 0 spiro atoms. The second kappa shape index (κ2) is 6.71. The molecule has 114 valence electrons. The number of thioether (sulfide) groups is 1. The van der Waals surface area contributed by atoms with Gasteiger partial charge in [-0.3, -0.25) is 4.90 Å². The smallest absolute Gasteiger partial charge is 0.409 e. The number of benzene rings is 1. The van der Waals surface area contributed by atoms with Crippen LogP contribution in [0.3, 0.4) is 0 Å². The van der Waals surface area contributed by atoms with E-state index in [0.29, 0.717) is 17.9 Å². The highest BCUT2D eigenvalue weighted by Gasteiger charge is 2.31. The molecule has 2 fully saturated rings. The number of ether oxygens (including phenoxy) is 1. The number of nitrogens with zero attached hydrogens (tertiary/aromatic N) is 2. The molecule has 1 aromatic carbocycles. The lowest BCUT2D eigenvalue weighted by Gasteiger charge is -2.40. The summed E-state index contributed by atoms with van der Waals surface area (Å²) in [7, 11) is 0. The first-order chi connectivity index (χ1) is 10.3. The first kappa shape index (κ1) is 14.7. The van der Waals surface area contributed by atoms with Crippen LogP contribution < -0.4 is 0 Å². The highest BCUT2D eigenvalue weighted by atomic mass is 32.2. The quantitative estimate of drug-likeness (QED) is 0.856. The normalized spacial score (nSPS) is 26.9. The summed E-state index contributed by atoms with van der Waals surface area (Å²) in [6, 6.07) is 11.1. The second-order valence-electron chi connectivity index (χ2n) is 5.57. The second-order valence-corrected chi connectivity index (χ2v) is 7.05. The summed E-state index contributed by atoms with van der Waals surface area (Å²) < 4.78 is 5.00. The first-order valence-electron chi connectivity index (χ1n) is 7.58. The Hall–Kier alpha value is -1.20. The van der Waals surface area contributed by atoms with Gasteiger partial charge in [0.1, 0.15) is 6.61 Å². The summed E-state index contributed by atoms with van der Waals surface area (Å²) in [6.45, 7) is 6.33. The van der Waals surface area contributed by atoms with E-state index in [1.54, 1.807) is 0 Å². The van der Waals surface area contributed by atoms with Crippen molar-refractivity contribution >= 4 is 17.9 Å². The van der Waals surface area contributed by atoms with Gasteiger partial charge >= 0.3 is 6.09 Å². The van der Waals surface area contributed by atoms with Gasteiger partial charge in [0.15, 0.2) is 0 Å². The summed E-state index contributed by atoms with van der Waals surface area (Å²) in [4.78, 5) is 15.9. The van der Waals surface area contributed by atoms with Gasteiger partial charge in [0, 0.05) is 36.7 Å². The maximum absolute atomic E-state index is 11.5. The SMILES string of the molecule is C[C@H]1SCCN(CCN2CCOC2=O)[C@@H]1c1ccccc1. The van der Waals surface area contributed by atoms with Crippen LogP contribution in [0.5, 0.6) is 0 Å². The van der Waals surface area contributed by atoms with Gasteiger partial charge in [0.05, 0.1) is 6.54 Å². The minimum Gasteiger partial charge on any atom is -0.448 e. The van der Waals surface area contributed by atoms with Crippen molar-refractivity contribution in [3.05, 3.63) is 35.9 Å². The molecule has 0 bridgehead atoms. The van der Waals surface area contributed by atoms with Gasteiger partial charge < -0.3 is 9.64 Å². The molecule has 2 saturated heterocycles. The van der Waals surface area contributed by atoms with Crippen LogP contribution in [0, 0.1) is 0 Å². The van der Waals surface area contributed by atoms with Crippen LogP contribution >= 0.6 is 11.8 Å². The Morgan fingerprint density at radius 2 is 2.05 bits per heavy atom. The predicted molar refractivity (Wildman–Crippen MR) is 85.6 cm³/mol. The molecule has 21 heavy (non-hydrogen) atoms. The number of amides is 1. The Balaban J connectivity index is 1.68. The molecular weight excluding hydrogens is 284 g/mol. The third-order valence-corrected chi connectivity index (χ3v) is 5.44. The molecule has 0 unspecified atom stereocenters. The molecule has 0 aromatic heterocycles. The topological polar surface area (TPSA) is 32.8 Å². The van der Waals surface area contributed by atoms with Gasteiger partial charge in [0.25, 0.3) is 0 Å². The van der Waals surface area contributed by atoms with Crippen molar-refractivity contribution in [2.45, 2.75) is 18.2 Å². The number of carbonyl (C=O) groups is 1. The van der Waals surface area contributed by atoms with Crippen LogP contribution in [0.4, 0.5) is 4.79 Å². The van der Waals surface area contributed by atoms with Crippen molar-refractivity contribution < 1.29 is 9.53 Å².